The predicted molar refractivity (Wildman–Crippen MR) is 48.5 cm³/mol. The Hall–Kier alpha value is 0.0700. The van der Waals surface area contributed by atoms with E-state index in [0.29, 0.717) is 0 Å². The van der Waals surface area contributed by atoms with Crippen LogP contribution in [0.3, 0.4) is 0 Å². The molecule has 16 heavy (non-hydrogen) atoms. The quantitative estimate of drug-likeness (QED) is 0.230. The lowest BCUT2D eigenvalue weighted by atomic mass is 10.8. The summed E-state index contributed by atoms with van der Waals surface area (Å²) < 4.78 is 13.2. The Kier molecular flexibility index (Phi) is 9.18. The highest BCUT2D eigenvalue weighted by molar-refractivity contribution is 7.41. The second-order valence-electron chi connectivity index (χ2n) is 2.53. The molecule has 10 heteroatoms. The normalized spacial score (nSPS) is 19.1. The van der Waals surface area contributed by atoms with Crippen molar-refractivity contribution in [2.24, 2.45) is 0 Å². The second-order valence-corrected chi connectivity index (χ2v) is 3.43. The fraction of sp³-hybridized carbons (Fsp3) is 1.00. The van der Waals surface area contributed by atoms with Crippen molar-refractivity contribution in [1.82, 2.24) is 0 Å². The molecule has 0 aliphatic rings. The molecule has 0 heterocycles. The van der Waals surface area contributed by atoms with Gasteiger partial charge in [0.2, 0.25) is 0 Å². The highest BCUT2D eigenvalue weighted by atomic mass is 31.2. The van der Waals surface area contributed by atoms with E-state index in [9.17, 15) is 0 Å². The van der Waals surface area contributed by atoms with Gasteiger partial charge in [-0.25, -0.2) is 0 Å². The van der Waals surface area contributed by atoms with E-state index in [-0.39, 0.29) is 0 Å². The molecule has 0 aliphatic heterocycles. The van der Waals surface area contributed by atoms with Crippen LogP contribution in [0, 0.1) is 0 Å². The standard InChI is InChI=1S/C6H15O9P/c1-4(7)10-13-16(14-11-5(2)8)15-12-6(3)9/h4-9H,1-3H3. The maximum atomic E-state index is 8.73. The highest BCUT2D eigenvalue weighted by Crippen LogP contribution is 2.41. The third kappa shape index (κ3) is 10.6. The molecule has 0 aromatic rings. The Labute approximate surface area is 93.2 Å². The largest absolute Gasteiger partial charge is 0.421 e. The van der Waals surface area contributed by atoms with E-state index in [4.69, 9.17) is 15.3 Å². The minimum absolute atomic E-state index is 1.23. The number of rotatable bonds is 9. The van der Waals surface area contributed by atoms with Gasteiger partial charge in [-0.3, -0.25) is 0 Å². The highest BCUT2D eigenvalue weighted by Gasteiger charge is 2.20. The minimum atomic E-state index is -2.30. The van der Waals surface area contributed by atoms with E-state index in [1.54, 1.807) is 0 Å². The van der Waals surface area contributed by atoms with Crippen molar-refractivity contribution in [3.05, 3.63) is 0 Å². The van der Waals surface area contributed by atoms with Crippen LogP contribution in [0.2, 0.25) is 0 Å². The molecule has 3 atom stereocenters. The SMILES string of the molecule is CC(O)OOP(OOC(C)O)OOC(C)O. The average molecular weight is 262 g/mol. The zero-order valence-corrected chi connectivity index (χ0v) is 9.86. The Morgan fingerprint density at radius 1 is 0.688 bits per heavy atom. The summed E-state index contributed by atoms with van der Waals surface area (Å²) in [7, 11) is -2.30. The molecule has 0 aromatic carbocycles. The topological polar surface area (TPSA) is 116 Å². The van der Waals surface area contributed by atoms with Gasteiger partial charge in [0.05, 0.1) is 0 Å². The lowest BCUT2D eigenvalue weighted by Gasteiger charge is -2.15. The zero-order chi connectivity index (χ0) is 12.6. The molecule has 3 N–H and O–H groups in total. The monoisotopic (exact) mass is 262 g/mol. The van der Waals surface area contributed by atoms with Crippen molar-refractivity contribution in [3.63, 3.8) is 0 Å². The molecule has 0 saturated heterocycles. The van der Waals surface area contributed by atoms with Crippen molar-refractivity contribution < 1.29 is 44.0 Å². The lowest BCUT2D eigenvalue weighted by molar-refractivity contribution is -0.380. The van der Waals surface area contributed by atoms with Gasteiger partial charge in [0.15, 0.2) is 18.9 Å². The summed E-state index contributed by atoms with van der Waals surface area (Å²) in [6, 6.07) is 0. The van der Waals surface area contributed by atoms with E-state index in [1.165, 1.54) is 20.8 Å². The van der Waals surface area contributed by atoms with Gasteiger partial charge in [0.25, 0.3) is 0 Å². The molecule has 98 valence electrons. The molecule has 0 aromatic heterocycles. The van der Waals surface area contributed by atoms with Crippen LogP contribution in [-0.4, -0.2) is 34.2 Å². The first-order valence-electron chi connectivity index (χ1n) is 4.26. The molecule has 0 rings (SSSR count). The van der Waals surface area contributed by atoms with Crippen LogP contribution < -0.4 is 0 Å². The van der Waals surface area contributed by atoms with Crippen LogP contribution in [0.4, 0.5) is 0 Å². The van der Waals surface area contributed by atoms with Crippen LogP contribution >= 0.6 is 8.60 Å². The van der Waals surface area contributed by atoms with Gasteiger partial charge in [-0.1, -0.05) is 0 Å². The zero-order valence-electron chi connectivity index (χ0n) is 8.97. The van der Waals surface area contributed by atoms with E-state index in [1.807, 2.05) is 0 Å². The molecule has 0 amide bonds. The molecule has 0 fully saturated rings. The summed E-state index contributed by atoms with van der Waals surface area (Å²) in [5.74, 6) is 0. The average Bonchev–Trinajstić information content (AvgIpc) is 2.15. The Morgan fingerprint density at radius 3 is 1.12 bits per heavy atom. The van der Waals surface area contributed by atoms with E-state index in [0.717, 1.165) is 0 Å². The molecular weight excluding hydrogens is 247 g/mol. The summed E-state index contributed by atoms with van der Waals surface area (Å²) in [5.41, 5.74) is 0. The third-order valence-corrected chi connectivity index (χ3v) is 1.35. The van der Waals surface area contributed by atoms with E-state index in [2.05, 4.69) is 28.7 Å². The maximum absolute atomic E-state index is 8.73. The van der Waals surface area contributed by atoms with Gasteiger partial charge >= 0.3 is 8.60 Å². The van der Waals surface area contributed by atoms with Crippen LogP contribution in [0.5, 0.6) is 0 Å². The summed E-state index contributed by atoms with van der Waals surface area (Å²) in [5, 5.41) is 26.2. The first-order valence-corrected chi connectivity index (χ1v) is 5.36. The van der Waals surface area contributed by atoms with Crippen molar-refractivity contribution in [3.8, 4) is 0 Å². The second kappa shape index (κ2) is 9.14. The van der Waals surface area contributed by atoms with Crippen molar-refractivity contribution in [2.75, 3.05) is 0 Å². The summed E-state index contributed by atoms with van der Waals surface area (Å²) >= 11 is 0. The summed E-state index contributed by atoms with van der Waals surface area (Å²) in [6.45, 7) is 3.83. The fourth-order valence-electron chi connectivity index (χ4n) is 0.330. The molecule has 0 bridgehead atoms. The van der Waals surface area contributed by atoms with Crippen molar-refractivity contribution >= 4 is 8.60 Å². The summed E-state index contributed by atoms with van der Waals surface area (Å²) in [4.78, 5) is 12.8. The molecule has 3 unspecified atom stereocenters. The van der Waals surface area contributed by atoms with Crippen LogP contribution in [0.15, 0.2) is 0 Å². The summed E-state index contributed by atoms with van der Waals surface area (Å²) in [6.07, 6.45) is -3.68. The molecule has 0 aliphatic carbocycles. The fourth-order valence-corrected chi connectivity index (χ4v) is 0.989. The van der Waals surface area contributed by atoms with Gasteiger partial charge in [0.1, 0.15) is 0 Å². The van der Waals surface area contributed by atoms with Gasteiger partial charge in [0, 0.05) is 0 Å². The third-order valence-electron chi connectivity index (χ3n) is 0.729. The van der Waals surface area contributed by atoms with Crippen molar-refractivity contribution in [2.45, 2.75) is 39.6 Å². The number of hydrogen-bond acceptors (Lipinski definition) is 9. The Balaban J connectivity index is 3.85. The van der Waals surface area contributed by atoms with Crippen molar-refractivity contribution in [1.29, 1.82) is 0 Å². The maximum Gasteiger partial charge on any atom is 0.421 e. The predicted octanol–water partition coefficient (Wildman–Crippen LogP) is 0.0728. The molecular formula is C6H15O9P. The smallest absolute Gasteiger partial charge is 0.366 e. The lowest BCUT2D eigenvalue weighted by Crippen LogP contribution is -2.11. The van der Waals surface area contributed by atoms with Gasteiger partial charge in [-0.2, -0.15) is 14.7 Å². The molecule has 0 spiro atoms. The molecule has 9 nitrogen and oxygen atoms in total. The van der Waals surface area contributed by atoms with Gasteiger partial charge in [-0.15, -0.1) is 14.0 Å². The van der Waals surface area contributed by atoms with Crippen LogP contribution in [-0.2, 0) is 28.7 Å². The van der Waals surface area contributed by atoms with E-state index < -0.39 is 27.5 Å². The van der Waals surface area contributed by atoms with Gasteiger partial charge in [-0.05, 0) is 20.8 Å². The first kappa shape index (κ1) is 16.1. The van der Waals surface area contributed by atoms with E-state index >= 15 is 0 Å². The van der Waals surface area contributed by atoms with Crippen LogP contribution in [0.1, 0.15) is 20.8 Å². The number of aliphatic hydroxyl groups is 3. The molecule has 0 radical (unpaired) electrons. The first-order chi connectivity index (χ1) is 7.41. The molecule has 0 saturated carbocycles. The number of hydrogen-bond donors (Lipinski definition) is 3. The Bertz CT molecular complexity index is 136. The minimum Gasteiger partial charge on any atom is -0.366 e. The van der Waals surface area contributed by atoms with Crippen LogP contribution in [0.25, 0.3) is 0 Å². The Morgan fingerprint density at radius 2 is 0.938 bits per heavy atom. The number of aliphatic hydroxyl groups excluding tert-OH is 3. The van der Waals surface area contributed by atoms with Gasteiger partial charge < -0.3 is 15.3 Å².